The Morgan fingerprint density at radius 1 is 1.22 bits per heavy atom. The van der Waals surface area contributed by atoms with E-state index in [1.807, 2.05) is 18.2 Å². The van der Waals surface area contributed by atoms with E-state index in [9.17, 15) is 19.5 Å². The lowest BCUT2D eigenvalue weighted by Gasteiger charge is -2.33. The average Bonchev–Trinajstić information content (AvgIpc) is 2.91. The fourth-order valence-corrected chi connectivity index (χ4v) is 4.36. The maximum Gasteiger partial charge on any atom is 0.407 e. The largest absolute Gasteiger partial charge is 0.480 e. The monoisotopic (exact) mass is 516 g/mol. The van der Waals surface area contributed by atoms with Crippen LogP contribution in [-0.4, -0.2) is 74.4 Å². The van der Waals surface area contributed by atoms with Crippen molar-refractivity contribution in [1.82, 2.24) is 16.0 Å². The van der Waals surface area contributed by atoms with E-state index in [1.165, 1.54) is 0 Å². The summed E-state index contributed by atoms with van der Waals surface area (Å²) in [7, 11) is 0. The highest BCUT2D eigenvalue weighted by molar-refractivity contribution is 5.94. The summed E-state index contributed by atoms with van der Waals surface area (Å²) < 4.78 is 5.05. The molecule has 1 aromatic rings. The van der Waals surface area contributed by atoms with Gasteiger partial charge >= 0.3 is 12.1 Å². The van der Waals surface area contributed by atoms with E-state index in [-0.39, 0.29) is 25.0 Å². The maximum absolute atomic E-state index is 12.7. The van der Waals surface area contributed by atoms with Gasteiger partial charge in [-0.3, -0.25) is 9.79 Å². The highest BCUT2D eigenvalue weighted by Gasteiger charge is 2.27. The fourth-order valence-electron chi connectivity index (χ4n) is 4.36. The summed E-state index contributed by atoms with van der Waals surface area (Å²) in [5, 5.41) is 21.0. The second kappa shape index (κ2) is 14.9. The Balaban J connectivity index is 1.41. The number of amides is 2. The summed E-state index contributed by atoms with van der Waals surface area (Å²) in [6.45, 7) is 5.30. The van der Waals surface area contributed by atoms with Crippen LogP contribution >= 0.6 is 0 Å². The number of benzene rings is 1. The molecule has 3 rings (SSSR count). The lowest BCUT2D eigenvalue weighted by Crippen LogP contribution is -2.50. The molecule has 1 aromatic carbocycles. The van der Waals surface area contributed by atoms with Crippen molar-refractivity contribution in [2.75, 3.05) is 49.5 Å². The summed E-state index contributed by atoms with van der Waals surface area (Å²) >= 11 is 0. The number of unbranched alkanes of at least 4 members (excludes halogenated alkanes) is 3. The van der Waals surface area contributed by atoms with Gasteiger partial charge in [-0.15, -0.1) is 0 Å². The molecule has 1 fully saturated rings. The predicted octanol–water partition coefficient (Wildman–Crippen LogP) is 2.54. The van der Waals surface area contributed by atoms with Crippen LogP contribution < -0.4 is 26.2 Å². The van der Waals surface area contributed by atoms with Gasteiger partial charge in [-0.1, -0.05) is 32.3 Å². The number of alkyl carbamates (subject to hydrolysis) is 1. The van der Waals surface area contributed by atoms with E-state index in [0.29, 0.717) is 25.9 Å². The molecule has 1 saturated heterocycles. The van der Waals surface area contributed by atoms with Gasteiger partial charge in [0.25, 0.3) is 0 Å². The number of nitrogens with one attached hydrogen (secondary N) is 4. The molecule has 2 aliphatic heterocycles. The number of ether oxygens (including phenoxy) is 1. The molecule has 0 unspecified atom stereocenters. The standard InChI is InChI=1S/C26H40N6O5/c1-2-3-4-5-16-37-26(36)31-22(24(34)35)18-29-23(33)19-10-14-32(15-11-19)21-9-6-8-20(17-21)30-25-27-12-7-13-28-25/h6,8-9,17,19,22H,2-5,7,10-16,18H2,1H3,(H,29,33)(H,31,36)(H,34,35)(H2,27,28,30)/t22-/m0/s1. The summed E-state index contributed by atoms with van der Waals surface area (Å²) in [4.78, 5) is 42.9. The van der Waals surface area contributed by atoms with Crippen LogP contribution in [-0.2, 0) is 14.3 Å². The number of hydrogen-bond acceptors (Lipinski definition) is 8. The van der Waals surface area contributed by atoms with Crippen molar-refractivity contribution < 1.29 is 24.2 Å². The fraction of sp³-hybridized carbons (Fsp3) is 0.615. The van der Waals surface area contributed by atoms with Gasteiger partial charge in [-0.2, -0.15) is 0 Å². The Morgan fingerprint density at radius 3 is 2.73 bits per heavy atom. The van der Waals surface area contributed by atoms with Crippen molar-refractivity contribution >= 4 is 35.3 Å². The van der Waals surface area contributed by atoms with Crippen LogP contribution in [0.4, 0.5) is 16.2 Å². The summed E-state index contributed by atoms with van der Waals surface area (Å²) in [5.41, 5.74) is 2.03. The third-order valence-electron chi connectivity index (χ3n) is 6.54. The molecular weight excluding hydrogens is 476 g/mol. The van der Waals surface area contributed by atoms with Crippen molar-refractivity contribution in [1.29, 1.82) is 0 Å². The minimum atomic E-state index is -1.24. The Morgan fingerprint density at radius 2 is 2.03 bits per heavy atom. The van der Waals surface area contributed by atoms with Crippen LogP contribution in [0.15, 0.2) is 29.3 Å². The summed E-state index contributed by atoms with van der Waals surface area (Å²) in [6, 6.07) is 6.87. The van der Waals surface area contributed by atoms with Crippen LogP contribution in [0.1, 0.15) is 51.9 Å². The lowest BCUT2D eigenvalue weighted by atomic mass is 9.95. The van der Waals surface area contributed by atoms with Crippen molar-refractivity contribution in [3.63, 3.8) is 0 Å². The number of carbonyl (C=O) groups excluding carboxylic acids is 2. The van der Waals surface area contributed by atoms with E-state index in [0.717, 1.165) is 62.5 Å². The SMILES string of the molecule is CCCCCCOC(=O)N[C@@H](CNC(=O)C1CCN(c2cccc(NC3=NCCCN3)c2)CC1)C(=O)O. The number of anilines is 2. The molecule has 2 aliphatic rings. The first-order valence-electron chi connectivity index (χ1n) is 13.3. The molecule has 0 radical (unpaired) electrons. The number of carbonyl (C=O) groups is 3. The molecule has 0 aliphatic carbocycles. The zero-order valence-corrected chi connectivity index (χ0v) is 21.6. The Bertz CT molecular complexity index is 932. The zero-order chi connectivity index (χ0) is 26.5. The molecule has 2 heterocycles. The molecule has 0 spiro atoms. The Hall–Kier alpha value is -3.50. The van der Waals surface area contributed by atoms with E-state index in [2.05, 4.69) is 44.1 Å². The third kappa shape index (κ3) is 9.47. The predicted molar refractivity (Wildman–Crippen MR) is 143 cm³/mol. The number of nitrogens with zero attached hydrogens (tertiary/aromatic N) is 2. The quantitative estimate of drug-likeness (QED) is 0.267. The van der Waals surface area contributed by atoms with E-state index in [1.54, 1.807) is 0 Å². The van der Waals surface area contributed by atoms with Gasteiger partial charge in [-0.05, 0) is 43.9 Å². The zero-order valence-electron chi connectivity index (χ0n) is 21.6. The molecule has 2 amide bonds. The van der Waals surface area contributed by atoms with Gasteiger partial charge in [0.05, 0.1) is 6.61 Å². The number of piperidine rings is 1. The number of rotatable bonds is 12. The Labute approximate surface area is 218 Å². The average molecular weight is 517 g/mol. The number of carboxylic acid groups (broad SMARTS) is 1. The highest BCUT2D eigenvalue weighted by atomic mass is 16.5. The van der Waals surface area contributed by atoms with Gasteiger partial charge in [0.15, 0.2) is 5.96 Å². The molecule has 37 heavy (non-hydrogen) atoms. The maximum atomic E-state index is 12.7. The van der Waals surface area contributed by atoms with Crippen LogP contribution in [0.2, 0.25) is 0 Å². The normalized spacial score (nSPS) is 16.7. The first kappa shape index (κ1) is 28.1. The van der Waals surface area contributed by atoms with Crippen molar-refractivity contribution in [2.45, 2.75) is 57.9 Å². The number of guanidine groups is 1. The molecule has 0 bridgehead atoms. The lowest BCUT2D eigenvalue weighted by molar-refractivity contribution is -0.139. The summed E-state index contributed by atoms with van der Waals surface area (Å²) in [5.74, 6) is -0.843. The Kier molecular flexibility index (Phi) is 11.3. The number of hydrogen-bond donors (Lipinski definition) is 5. The third-order valence-corrected chi connectivity index (χ3v) is 6.54. The minimum Gasteiger partial charge on any atom is -0.480 e. The molecule has 11 heteroatoms. The van der Waals surface area contributed by atoms with Crippen molar-refractivity contribution in [3.8, 4) is 0 Å². The first-order valence-corrected chi connectivity index (χ1v) is 13.3. The number of aliphatic carboxylic acids is 1. The minimum absolute atomic E-state index is 0.190. The molecule has 11 nitrogen and oxygen atoms in total. The highest BCUT2D eigenvalue weighted by Crippen LogP contribution is 2.25. The molecule has 0 aromatic heterocycles. The first-order chi connectivity index (χ1) is 18.0. The topological polar surface area (TPSA) is 144 Å². The van der Waals surface area contributed by atoms with Gasteiger partial charge in [0, 0.05) is 50.0 Å². The van der Waals surface area contributed by atoms with Crippen LogP contribution in [0, 0.1) is 5.92 Å². The van der Waals surface area contributed by atoms with E-state index >= 15 is 0 Å². The van der Waals surface area contributed by atoms with Gasteiger partial charge in [-0.25, -0.2) is 9.59 Å². The molecule has 0 saturated carbocycles. The molecule has 5 N–H and O–H groups in total. The van der Waals surface area contributed by atoms with Crippen LogP contribution in [0.3, 0.4) is 0 Å². The molecule has 204 valence electrons. The smallest absolute Gasteiger partial charge is 0.407 e. The van der Waals surface area contributed by atoms with Crippen LogP contribution in [0.5, 0.6) is 0 Å². The second-order valence-corrected chi connectivity index (χ2v) is 9.42. The van der Waals surface area contributed by atoms with Gasteiger partial charge in [0.2, 0.25) is 5.91 Å². The number of carboxylic acids is 1. The van der Waals surface area contributed by atoms with E-state index in [4.69, 9.17) is 4.74 Å². The van der Waals surface area contributed by atoms with Gasteiger partial charge < -0.3 is 36.0 Å². The molecular formula is C26H40N6O5. The van der Waals surface area contributed by atoms with Crippen molar-refractivity contribution in [2.24, 2.45) is 10.9 Å². The van der Waals surface area contributed by atoms with Gasteiger partial charge in [0.1, 0.15) is 6.04 Å². The summed E-state index contributed by atoms with van der Waals surface area (Å²) in [6.07, 6.45) is 5.39. The van der Waals surface area contributed by atoms with Crippen molar-refractivity contribution in [3.05, 3.63) is 24.3 Å². The van der Waals surface area contributed by atoms with E-state index < -0.39 is 18.1 Å². The number of aliphatic imine (C=N–C) groups is 1. The molecule has 1 atom stereocenters. The van der Waals surface area contributed by atoms with Crippen LogP contribution in [0.25, 0.3) is 0 Å². The second-order valence-electron chi connectivity index (χ2n) is 9.42.